The lowest BCUT2D eigenvalue weighted by Gasteiger charge is -2.36. The standard InChI is InChI=1S/C18H19NO5/c1-5-8-19-13-9-12(6-7-15(20)21)10-14(23-4)17(13)24-16(11(2)3)18(19)22/h1,6-7,9-11,16H,8H2,2-4H3,(H,20,21)/b7-6+. The Bertz CT molecular complexity index is 730. The normalized spacial score (nSPS) is 16.7. The van der Waals surface area contributed by atoms with Crippen LogP contribution in [-0.2, 0) is 9.59 Å². The van der Waals surface area contributed by atoms with Gasteiger partial charge in [0.15, 0.2) is 17.6 Å². The summed E-state index contributed by atoms with van der Waals surface area (Å²) in [5.74, 6) is 1.98. The van der Waals surface area contributed by atoms with Crippen molar-refractivity contribution < 1.29 is 24.2 Å². The molecule has 1 heterocycles. The van der Waals surface area contributed by atoms with Crippen LogP contribution in [0.25, 0.3) is 6.08 Å². The van der Waals surface area contributed by atoms with Crippen molar-refractivity contribution in [2.24, 2.45) is 5.92 Å². The number of anilines is 1. The number of amides is 1. The highest BCUT2D eigenvalue weighted by Crippen LogP contribution is 2.44. The Morgan fingerprint density at radius 1 is 1.54 bits per heavy atom. The summed E-state index contributed by atoms with van der Waals surface area (Å²) in [5.41, 5.74) is 1.04. The molecule has 1 N–H and O–H groups in total. The lowest BCUT2D eigenvalue weighted by molar-refractivity contribution is -0.131. The van der Waals surface area contributed by atoms with Crippen LogP contribution in [0.5, 0.6) is 11.5 Å². The summed E-state index contributed by atoms with van der Waals surface area (Å²) in [5, 5.41) is 8.78. The first-order valence-electron chi connectivity index (χ1n) is 7.43. The fraction of sp³-hybridized carbons (Fsp3) is 0.333. The second-order valence-electron chi connectivity index (χ2n) is 5.65. The number of ether oxygens (including phenoxy) is 2. The zero-order chi connectivity index (χ0) is 17.9. The highest BCUT2D eigenvalue weighted by Gasteiger charge is 2.37. The number of carbonyl (C=O) groups excluding carboxylic acids is 1. The number of terminal acetylenes is 1. The third kappa shape index (κ3) is 3.35. The molecule has 24 heavy (non-hydrogen) atoms. The van der Waals surface area contributed by atoms with E-state index in [2.05, 4.69) is 5.92 Å². The number of hydrogen-bond donors (Lipinski definition) is 1. The lowest BCUT2D eigenvalue weighted by Crippen LogP contribution is -2.48. The largest absolute Gasteiger partial charge is 0.493 e. The molecule has 0 fully saturated rings. The van der Waals surface area contributed by atoms with Gasteiger partial charge in [0.05, 0.1) is 19.3 Å². The Kier molecular flexibility index (Phi) is 5.14. The molecule has 6 nitrogen and oxygen atoms in total. The van der Waals surface area contributed by atoms with Crippen LogP contribution in [0, 0.1) is 18.3 Å². The van der Waals surface area contributed by atoms with Crippen LogP contribution in [0.1, 0.15) is 19.4 Å². The van der Waals surface area contributed by atoms with Gasteiger partial charge in [-0.05, 0) is 29.7 Å². The van der Waals surface area contributed by atoms with Gasteiger partial charge in [0.1, 0.15) is 0 Å². The first-order valence-corrected chi connectivity index (χ1v) is 7.43. The maximum atomic E-state index is 12.6. The minimum atomic E-state index is -1.07. The van der Waals surface area contributed by atoms with Crippen molar-refractivity contribution in [1.82, 2.24) is 0 Å². The second kappa shape index (κ2) is 7.09. The molecule has 1 aliphatic heterocycles. The van der Waals surface area contributed by atoms with E-state index in [0.717, 1.165) is 6.08 Å². The number of methoxy groups -OCH3 is 1. The fourth-order valence-corrected chi connectivity index (χ4v) is 2.47. The minimum absolute atomic E-state index is 0.0396. The number of aliphatic carboxylic acids is 1. The van der Waals surface area contributed by atoms with Gasteiger partial charge in [-0.2, -0.15) is 0 Å². The van der Waals surface area contributed by atoms with E-state index in [1.165, 1.54) is 18.1 Å². The number of benzene rings is 1. The van der Waals surface area contributed by atoms with Gasteiger partial charge in [0, 0.05) is 6.08 Å². The predicted octanol–water partition coefficient (Wildman–Crippen LogP) is 2.18. The highest BCUT2D eigenvalue weighted by molar-refractivity contribution is 6.01. The number of rotatable bonds is 5. The van der Waals surface area contributed by atoms with E-state index < -0.39 is 12.1 Å². The molecule has 0 spiro atoms. The summed E-state index contributed by atoms with van der Waals surface area (Å²) >= 11 is 0. The van der Waals surface area contributed by atoms with E-state index in [1.54, 1.807) is 12.1 Å². The molecule has 126 valence electrons. The van der Waals surface area contributed by atoms with Gasteiger partial charge < -0.3 is 14.6 Å². The smallest absolute Gasteiger partial charge is 0.328 e. The molecule has 6 heteroatoms. The van der Waals surface area contributed by atoms with Crippen LogP contribution in [0.3, 0.4) is 0 Å². The molecular formula is C18H19NO5. The van der Waals surface area contributed by atoms with Crippen LogP contribution >= 0.6 is 0 Å². The average molecular weight is 329 g/mol. The van der Waals surface area contributed by atoms with E-state index >= 15 is 0 Å². The van der Waals surface area contributed by atoms with Crippen LogP contribution < -0.4 is 14.4 Å². The maximum absolute atomic E-state index is 12.6. The van der Waals surface area contributed by atoms with Crippen molar-refractivity contribution in [3.63, 3.8) is 0 Å². The van der Waals surface area contributed by atoms with Gasteiger partial charge in [-0.15, -0.1) is 6.42 Å². The van der Waals surface area contributed by atoms with E-state index in [9.17, 15) is 9.59 Å². The second-order valence-corrected chi connectivity index (χ2v) is 5.65. The number of carboxylic acids is 1. The Morgan fingerprint density at radius 2 is 2.25 bits per heavy atom. The third-order valence-corrected chi connectivity index (χ3v) is 3.60. The summed E-state index contributed by atoms with van der Waals surface area (Å²) in [6, 6.07) is 3.31. The van der Waals surface area contributed by atoms with E-state index in [1.807, 2.05) is 13.8 Å². The van der Waals surface area contributed by atoms with Crippen LogP contribution in [-0.4, -0.2) is 36.7 Å². The van der Waals surface area contributed by atoms with Crippen molar-refractivity contribution in [2.75, 3.05) is 18.6 Å². The molecule has 1 amide bonds. The monoisotopic (exact) mass is 329 g/mol. The molecular weight excluding hydrogens is 310 g/mol. The number of nitrogens with zero attached hydrogens (tertiary/aromatic N) is 1. The molecule has 1 aliphatic rings. The maximum Gasteiger partial charge on any atom is 0.328 e. The average Bonchev–Trinajstić information content (AvgIpc) is 2.54. The van der Waals surface area contributed by atoms with E-state index in [0.29, 0.717) is 22.7 Å². The molecule has 2 rings (SSSR count). The van der Waals surface area contributed by atoms with Gasteiger partial charge in [-0.1, -0.05) is 19.8 Å². The molecule has 0 radical (unpaired) electrons. The topological polar surface area (TPSA) is 76.1 Å². The predicted molar refractivity (Wildman–Crippen MR) is 90.1 cm³/mol. The first-order chi connectivity index (χ1) is 11.4. The van der Waals surface area contributed by atoms with Crippen LogP contribution in [0.2, 0.25) is 0 Å². The first kappa shape index (κ1) is 17.4. The molecule has 0 saturated heterocycles. The van der Waals surface area contributed by atoms with Gasteiger partial charge >= 0.3 is 5.97 Å². The Morgan fingerprint density at radius 3 is 2.79 bits per heavy atom. The van der Waals surface area contributed by atoms with Crippen LogP contribution in [0.15, 0.2) is 18.2 Å². The third-order valence-electron chi connectivity index (χ3n) is 3.60. The van der Waals surface area contributed by atoms with Crippen LogP contribution in [0.4, 0.5) is 5.69 Å². The highest BCUT2D eigenvalue weighted by atomic mass is 16.5. The summed E-state index contributed by atoms with van der Waals surface area (Å²) < 4.78 is 11.2. The number of carboxylic acid groups (broad SMARTS) is 1. The number of fused-ring (bicyclic) bond motifs is 1. The molecule has 1 aromatic carbocycles. The van der Waals surface area contributed by atoms with Crippen molar-refractivity contribution in [3.05, 3.63) is 23.8 Å². The summed E-state index contributed by atoms with van der Waals surface area (Å²) in [6.07, 6.45) is 7.17. The van der Waals surface area contributed by atoms with E-state index in [-0.39, 0.29) is 18.4 Å². The number of carbonyl (C=O) groups is 2. The molecule has 1 unspecified atom stereocenters. The fourth-order valence-electron chi connectivity index (χ4n) is 2.47. The Labute approximate surface area is 140 Å². The summed E-state index contributed by atoms with van der Waals surface area (Å²) in [7, 11) is 1.48. The van der Waals surface area contributed by atoms with Gasteiger partial charge in [-0.25, -0.2) is 4.79 Å². The summed E-state index contributed by atoms with van der Waals surface area (Å²) in [6.45, 7) is 3.86. The zero-order valence-corrected chi connectivity index (χ0v) is 13.8. The molecule has 0 aliphatic carbocycles. The molecule has 1 atom stereocenters. The van der Waals surface area contributed by atoms with Crippen molar-refractivity contribution in [2.45, 2.75) is 20.0 Å². The molecule has 1 aromatic rings. The van der Waals surface area contributed by atoms with E-state index in [4.69, 9.17) is 21.0 Å². The SMILES string of the molecule is C#CCN1C(=O)C(C(C)C)Oc2c(OC)cc(/C=C/C(=O)O)cc21. The zero-order valence-electron chi connectivity index (χ0n) is 13.8. The quantitative estimate of drug-likeness (QED) is 0.662. The van der Waals surface area contributed by atoms with Gasteiger partial charge in [0.25, 0.3) is 5.91 Å². The van der Waals surface area contributed by atoms with Crippen molar-refractivity contribution in [3.8, 4) is 23.8 Å². The molecule has 0 bridgehead atoms. The summed E-state index contributed by atoms with van der Waals surface area (Å²) in [4.78, 5) is 24.8. The van der Waals surface area contributed by atoms with Crippen molar-refractivity contribution in [1.29, 1.82) is 0 Å². The Hall–Kier alpha value is -2.94. The van der Waals surface area contributed by atoms with Crippen molar-refractivity contribution >= 4 is 23.6 Å². The Balaban J connectivity index is 2.60. The molecule has 0 saturated carbocycles. The number of hydrogen-bond acceptors (Lipinski definition) is 4. The lowest BCUT2D eigenvalue weighted by atomic mass is 10.0. The van der Waals surface area contributed by atoms with Gasteiger partial charge in [-0.3, -0.25) is 9.69 Å². The molecule has 0 aromatic heterocycles. The minimum Gasteiger partial charge on any atom is -0.493 e. The van der Waals surface area contributed by atoms with Gasteiger partial charge in [0.2, 0.25) is 0 Å².